The second-order valence-corrected chi connectivity index (χ2v) is 22.3. The van der Waals surface area contributed by atoms with Crippen LogP contribution in [0.3, 0.4) is 0 Å². The van der Waals surface area contributed by atoms with E-state index in [2.05, 4.69) is 99.0 Å². The van der Waals surface area contributed by atoms with Crippen LogP contribution in [-0.4, -0.2) is 28.3 Å². The fourth-order valence-corrected chi connectivity index (χ4v) is 8.11. The normalized spacial score (nSPS) is 11.3. The number of carbonyl (C=O) groups is 2. The van der Waals surface area contributed by atoms with Gasteiger partial charge in [0, 0.05) is 0 Å². The molecule has 0 aliphatic heterocycles. The van der Waals surface area contributed by atoms with Crippen LogP contribution in [0.1, 0.15) is 39.8 Å². The first-order valence-corrected chi connectivity index (χ1v) is 26.6. The Morgan fingerprint density at radius 2 is 0.697 bits per heavy atom. The summed E-state index contributed by atoms with van der Waals surface area (Å²) in [6.45, 7) is 4.54. The van der Waals surface area contributed by atoms with Crippen LogP contribution >= 0.6 is 0 Å². The molecule has 1 aliphatic carbocycles. The van der Waals surface area contributed by atoms with Gasteiger partial charge in [0.25, 0.3) is 0 Å². The summed E-state index contributed by atoms with van der Waals surface area (Å²) in [5.41, 5.74) is 2.09. The van der Waals surface area contributed by atoms with Gasteiger partial charge in [0.1, 0.15) is 10.8 Å². The van der Waals surface area contributed by atoms with Crippen molar-refractivity contribution in [2.24, 2.45) is 0 Å². The van der Waals surface area contributed by atoms with Gasteiger partial charge in [0.2, 0.25) is 0 Å². The zero-order valence-electron chi connectivity index (χ0n) is 37.2. The first-order chi connectivity index (χ1) is 32.2. The Morgan fingerprint density at radius 1 is 0.455 bits per heavy atom. The van der Waals surface area contributed by atoms with Gasteiger partial charge in [-0.1, -0.05) is 218 Å². The average molecular weight is 913 g/mol. The summed E-state index contributed by atoms with van der Waals surface area (Å²) >= 11 is 2.27. The quantitative estimate of drug-likeness (QED) is 0.0905. The molecule has 0 bridgehead atoms. The first kappa shape index (κ1) is 48.4. The van der Waals surface area contributed by atoms with Gasteiger partial charge < -0.3 is 10.2 Å². The van der Waals surface area contributed by atoms with Gasteiger partial charge in [-0.05, 0) is 33.4 Å². The molecule has 0 saturated heterocycles. The molecular weight excluding hydrogens is 861 g/mol. The molecule has 0 fully saturated rings. The largest absolute Gasteiger partial charge is 0.480 e. The predicted octanol–water partition coefficient (Wildman–Crippen LogP) is 14.0. The molecule has 0 spiro atoms. The van der Waals surface area contributed by atoms with Crippen LogP contribution in [-0.2, 0) is 39.6 Å². The SMILES string of the molecule is C[Si](C)=[Ti+2].O=C(O)C(c1ccccc1)(c1ccccc1)c1ccccc1.O=C(O)C(c1ccccc1)(c1ccccc1)c1ccccc1.[C-]1=CC=CC1.c1ccc2c(c1)[cH-]c1ccccc12. The summed E-state index contributed by atoms with van der Waals surface area (Å²) in [4.78, 5) is 24.8. The number of carboxylic acid groups (broad SMARTS) is 2. The minimum Gasteiger partial charge on any atom is -0.480 e. The molecule has 4 nitrogen and oxygen atoms in total. The fraction of sp³-hybridized carbons (Fsp3) is 0.0833. The molecule has 0 aromatic heterocycles. The van der Waals surface area contributed by atoms with Crippen molar-refractivity contribution >= 4 is 39.7 Å². The van der Waals surface area contributed by atoms with E-state index in [0.717, 1.165) is 39.8 Å². The number of allylic oxidation sites excluding steroid dienone is 4. The Kier molecular flexibility index (Phi) is 17.8. The Morgan fingerprint density at radius 3 is 0.894 bits per heavy atom. The minimum atomic E-state index is -1.20. The Hall–Kier alpha value is -7.02. The van der Waals surface area contributed by atoms with E-state index in [1.807, 2.05) is 194 Å². The third-order valence-corrected chi connectivity index (χ3v) is 11.0. The summed E-state index contributed by atoms with van der Waals surface area (Å²) in [6, 6.07) is 75.6. The molecule has 0 radical (unpaired) electrons. The molecule has 0 atom stereocenters. The number of benzene rings is 8. The van der Waals surface area contributed by atoms with Crippen molar-refractivity contribution in [1.29, 1.82) is 0 Å². The van der Waals surface area contributed by atoms with E-state index >= 15 is 0 Å². The maximum atomic E-state index is 12.4. The number of rotatable bonds is 8. The standard InChI is InChI=1S/2C20H16O2.C13H9.C5H5.C2H6Si.Ti/c2*21-19(22)20(16-10-4-1-5-11-16,17-12-6-2-7-13-17)18-14-8-3-9-15-18;1-3-7-12-10(5-1)9-11-6-2-4-8-13(11)12;1-2-4-5-3-1;1-3-2;/h2*1-15H,(H,21,22);1-9H;1-3H,4H2;1-2H3;/q;;2*-1;;+2. The van der Waals surface area contributed by atoms with Gasteiger partial charge >= 0.3 is 50.4 Å². The third-order valence-electron chi connectivity index (χ3n) is 11.0. The van der Waals surface area contributed by atoms with Crippen LogP contribution < -0.4 is 0 Å². The molecule has 0 saturated carbocycles. The molecule has 9 aromatic rings. The molecule has 2 N–H and O–H groups in total. The minimum absolute atomic E-state index is 0.120. The Labute approximate surface area is 400 Å². The maximum Gasteiger partial charge on any atom is 0.323 e. The van der Waals surface area contributed by atoms with Crippen molar-refractivity contribution in [3.63, 3.8) is 0 Å². The van der Waals surface area contributed by atoms with Crippen LogP contribution in [0.5, 0.6) is 0 Å². The number of hydrogen-bond donors (Lipinski definition) is 2. The molecule has 10 rings (SSSR count). The maximum absolute atomic E-state index is 12.4. The summed E-state index contributed by atoms with van der Waals surface area (Å²) in [6.07, 6.45) is 10.1. The zero-order chi connectivity index (χ0) is 46.6. The third kappa shape index (κ3) is 11.6. The second kappa shape index (κ2) is 24.3. The average Bonchev–Trinajstić information content (AvgIpc) is 4.07. The molecule has 0 amide bonds. The van der Waals surface area contributed by atoms with E-state index in [9.17, 15) is 19.8 Å². The second-order valence-electron chi connectivity index (χ2n) is 15.6. The van der Waals surface area contributed by atoms with Crippen LogP contribution in [0.25, 0.3) is 21.5 Å². The van der Waals surface area contributed by atoms with Crippen LogP contribution in [0.2, 0.25) is 13.1 Å². The van der Waals surface area contributed by atoms with Gasteiger partial charge in [0.15, 0.2) is 0 Å². The number of hydrogen-bond acceptors (Lipinski definition) is 2. The van der Waals surface area contributed by atoms with Crippen LogP contribution in [0.15, 0.2) is 255 Å². The van der Waals surface area contributed by atoms with Gasteiger partial charge in [0.05, 0.1) is 0 Å². The van der Waals surface area contributed by atoms with Crippen molar-refractivity contribution in [2.75, 3.05) is 0 Å². The number of fused-ring (bicyclic) bond motifs is 3. The summed E-state index contributed by atoms with van der Waals surface area (Å²) < 4.78 is 0. The first-order valence-electron chi connectivity index (χ1n) is 21.8. The van der Waals surface area contributed by atoms with Crippen LogP contribution in [0.4, 0.5) is 0 Å². The number of aliphatic carboxylic acids is 2. The van der Waals surface area contributed by atoms with E-state index in [-0.39, 0.29) is 6.19 Å². The van der Waals surface area contributed by atoms with Gasteiger partial charge in [-0.2, -0.15) is 6.08 Å². The fourth-order valence-electron chi connectivity index (χ4n) is 8.11. The molecule has 1 aliphatic rings. The zero-order valence-corrected chi connectivity index (χ0v) is 39.7. The molecule has 66 heavy (non-hydrogen) atoms. The van der Waals surface area contributed by atoms with Crippen LogP contribution in [0, 0.1) is 6.08 Å². The molecule has 324 valence electrons. The van der Waals surface area contributed by atoms with Gasteiger partial charge in [-0.3, -0.25) is 15.7 Å². The Bertz CT molecular complexity index is 2570. The van der Waals surface area contributed by atoms with Crippen molar-refractivity contribution in [3.8, 4) is 0 Å². The topological polar surface area (TPSA) is 74.6 Å². The Balaban J connectivity index is 0.000000153. The van der Waals surface area contributed by atoms with E-state index in [1.54, 1.807) is 0 Å². The van der Waals surface area contributed by atoms with Gasteiger partial charge in [-0.15, -0.1) is 46.2 Å². The van der Waals surface area contributed by atoms with E-state index in [0.29, 0.717) is 0 Å². The van der Waals surface area contributed by atoms with E-state index < -0.39 is 22.8 Å². The van der Waals surface area contributed by atoms with E-state index in [4.69, 9.17) is 0 Å². The molecule has 0 unspecified atom stereocenters. The van der Waals surface area contributed by atoms with Crippen molar-refractivity contribution in [2.45, 2.75) is 30.3 Å². The summed E-state index contributed by atoms with van der Waals surface area (Å²) in [5.74, 6) is -1.76. The number of carboxylic acids is 2. The molecule has 6 heteroatoms. The van der Waals surface area contributed by atoms with Crippen molar-refractivity contribution in [3.05, 3.63) is 294 Å². The summed E-state index contributed by atoms with van der Waals surface area (Å²) in [5, 5.41) is 25.8. The predicted molar refractivity (Wildman–Crippen MR) is 270 cm³/mol. The molecule has 9 aromatic carbocycles. The van der Waals surface area contributed by atoms with Gasteiger partial charge in [-0.25, -0.2) is 12.2 Å². The monoisotopic (exact) mass is 912 g/mol. The van der Waals surface area contributed by atoms with E-state index in [1.165, 1.54) is 21.5 Å². The smallest absolute Gasteiger partial charge is 0.323 e. The van der Waals surface area contributed by atoms with Crippen molar-refractivity contribution < 1.29 is 39.0 Å². The summed E-state index contributed by atoms with van der Waals surface area (Å²) in [7, 11) is 0. The molecular formula is C60H52O4SiTi. The van der Waals surface area contributed by atoms with Crippen molar-refractivity contribution in [1.82, 2.24) is 0 Å². The molecule has 0 heterocycles.